The molecule has 2 aromatic rings. The number of benzene rings is 1. The summed E-state index contributed by atoms with van der Waals surface area (Å²) in [6, 6.07) is 4.09. The van der Waals surface area contributed by atoms with Gasteiger partial charge in [0, 0.05) is 10.8 Å². The van der Waals surface area contributed by atoms with E-state index < -0.39 is 0 Å². The maximum atomic E-state index is 5.33. The van der Waals surface area contributed by atoms with Crippen molar-refractivity contribution in [1.82, 2.24) is 4.98 Å². The van der Waals surface area contributed by atoms with E-state index in [1.54, 1.807) is 0 Å². The fourth-order valence-electron chi connectivity index (χ4n) is 1.43. The Labute approximate surface area is 82.4 Å². The number of nitrogens with zero attached hydrogens (tertiary/aromatic N) is 1. The van der Waals surface area contributed by atoms with Gasteiger partial charge in [0.1, 0.15) is 5.52 Å². The van der Waals surface area contributed by atoms with Gasteiger partial charge in [0.15, 0.2) is 12.0 Å². The first-order valence-electron chi connectivity index (χ1n) is 4.21. The molecule has 1 atom stereocenters. The van der Waals surface area contributed by atoms with E-state index in [1.165, 1.54) is 6.39 Å². The lowest BCUT2D eigenvalue weighted by Gasteiger charge is -2.05. The maximum Gasteiger partial charge on any atom is 0.182 e. The van der Waals surface area contributed by atoms with Crippen molar-refractivity contribution in [3.05, 3.63) is 29.7 Å². The number of hydrogen-bond acceptors (Lipinski definition) is 3. The molecule has 0 N–H and O–H groups in total. The molecule has 0 fully saturated rings. The molecule has 1 heterocycles. The van der Waals surface area contributed by atoms with E-state index in [4.69, 9.17) is 4.42 Å². The molecule has 2 nitrogen and oxygen atoms in total. The van der Waals surface area contributed by atoms with Crippen LogP contribution in [0.2, 0.25) is 0 Å². The van der Waals surface area contributed by atoms with Gasteiger partial charge < -0.3 is 4.42 Å². The van der Waals surface area contributed by atoms with Crippen molar-refractivity contribution in [1.29, 1.82) is 0 Å². The summed E-state index contributed by atoms with van der Waals surface area (Å²) in [5.74, 6) is 0. The van der Waals surface area contributed by atoms with Crippen LogP contribution < -0.4 is 0 Å². The SMILES string of the molecule is Cc1ccc(C(C)S)c2ocnc12. The van der Waals surface area contributed by atoms with Crippen LogP contribution in [-0.4, -0.2) is 4.98 Å². The Kier molecular flexibility index (Phi) is 2.04. The van der Waals surface area contributed by atoms with E-state index in [2.05, 4.69) is 17.6 Å². The second-order valence-corrected chi connectivity index (χ2v) is 3.95. The van der Waals surface area contributed by atoms with Gasteiger partial charge in [-0.2, -0.15) is 12.6 Å². The summed E-state index contributed by atoms with van der Waals surface area (Å²) in [5.41, 5.74) is 4.05. The standard InChI is InChI=1S/C10H11NOS/c1-6-3-4-8(7(2)13)10-9(6)11-5-12-10/h3-5,7,13H,1-2H3. The first-order valence-corrected chi connectivity index (χ1v) is 4.72. The Morgan fingerprint density at radius 1 is 1.46 bits per heavy atom. The third-order valence-electron chi connectivity index (χ3n) is 2.17. The fourth-order valence-corrected chi connectivity index (χ4v) is 1.63. The molecule has 0 amide bonds. The van der Waals surface area contributed by atoms with Crippen LogP contribution >= 0.6 is 12.6 Å². The number of fused-ring (bicyclic) bond motifs is 1. The number of aromatic nitrogens is 1. The molecule has 0 aliphatic carbocycles. The van der Waals surface area contributed by atoms with E-state index in [-0.39, 0.29) is 5.25 Å². The molecule has 0 radical (unpaired) electrons. The molecule has 0 saturated heterocycles. The molecule has 0 bridgehead atoms. The van der Waals surface area contributed by atoms with E-state index in [9.17, 15) is 0 Å². The summed E-state index contributed by atoms with van der Waals surface area (Å²) in [6.45, 7) is 4.05. The molecular weight excluding hydrogens is 182 g/mol. The van der Waals surface area contributed by atoms with Crippen LogP contribution in [0, 0.1) is 6.92 Å². The first kappa shape index (κ1) is 8.63. The first-order chi connectivity index (χ1) is 6.20. The van der Waals surface area contributed by atoms with Gasteiger partial charge in [-0.05, 0) is 19.4 Å². The van der Waals surface area contributed by atoms with Gasteiger partial charge in [0.05, 0.1) is 0 Å². The molecule has 1 unspecified atom stereocenters. The molecule has 0 aliphatic rings. The number of rotatable bonds is 1. The Hall–Kier alpha value is -0.960. The summed E-state index contributed by atoms with van der Waals surface area (Å²) < 4.78 is 5.33. The van der Waals surface area contributed by atoms with Gasteiger partial charge in [-0.1, -0.05) is 12.1 Å². The molecule has 1 aromatic carbocycles. The molecule has 68 valence electrons. The van der Waals surface area contributed by atoms with Crippen molar-refractivity contribution >= 4 is 23.7 Å². The predicted molar refractivity (Wildman–Crippen MR) is 56.1 cm³/mol. The minimum atomic E-state index is 0.177. The lowest BCUT2D eigenvalue weighted by Crippen LogP contribution is -1.87. The van der Waals surface area contributed by atoms with Crippen molar-refractivity contribution < 1.29 is 4.42 Å². The maximum absolute atomic E-state index is 5.33. The second-order valence-electron chi connectivity index (χ2n) is 3.18. The van der Waals surface area contributed by atoms with Crippen molar-refractivity contribution in [2.45, 2.75) is 19.1 Å². The fraction of sp³-hybridized carbons (Fsp3) is 0.300. The third-order valence-corrected chi connectivity index (χ3v) is 2.44. The van der Waals surface area contributed by atoms with E-state index >= 15 is 0 Å². The summed E-state index contributed by atoms with van der Waals surface area (Å²) in [7, 11) is 0. The Bertz CT molecular complexity index is 433. The highest BCUT2D eigenvalue weighted by molar-refractivity contribution is 7.80. The van der Waals surface area contributed by atoms with Crippen molar-refractivity contribution in [2.75, 3.05) is 0 Å². The van der Waals surface area contributed by atoms with Crippen LogP contribution in [0.25, 0.3) is 11.1 Å². The minimum Gasteiger partial charge on any atom is -0.443 e. The van der Waals surface area contributed by atoms with Crippen molar-refractivity contribution in [2.24, 2.45) is 0 Å². The predicted octanol–water partition coefficient (Wildman–Crippen LogP) is 3.13. The highest BCUT2D eigenvalue weighted by Gasteiger charge is 2.10. The average Bonchev–Trinajstić information content (AvgIpc) is 2.53. The Morgan fingerprint density at radius 3 is 2.92 bits per heavy atom. The van der Waals surface area contributed by atoms with Gasteiger partial charge in [-0.25, -0.2) is 4.98 Å². The van der Waals surface area contributed by atoms with Crippen LogP contribution in [0.3, 0.4) is 0 Å². The van der Waals surface area contributed by atoms with Gasteiger partial charge in [0.2, 0.25) is 0 Å². The van der Waals surface area contributed by atoms with Gasteiger partial charge in [0.25, 0.3) is 0 Å². The largest absolute Gasteiger partial charge is 0.443 e. The van der Waals surface area contributed by atoms with Gasteiger partial charge >= 0.3 is 0 Å². The molecule has 0 aliphatic heterocycles. The topological polar surface area (TPSA) is 26.0 Å². The smallest absolute Gasteiger partial charge is 0.182 e. The molecule has 13 heavy (non-hydrogen) atoms. The van der Waals surface area contributed by atoms with E-state index in [0.717, 1.165) is 22.2 Å². The summed E-state index contributed by atoms with van der Waals surface area (Å²) in [5, 5.41) is 0.177. The van der Waals surface area contributed by atoms with Crippen LogP contribution in [0.4, 0.5) is 0 Å². The normalized spacial score (nSPS) is 13.5. The molecule has 2 rings (SSSR count). The summed E-state index contributed by atoms with van der Waals surface area (Å²) in [4.78, 5) is 4.16. The Morgan fingerprint density at radius 2 is 2.23 bits per heavy atom. The van der Waals surface area contributed by atoms with Crippen LogP contribution in [0.5, 0.6) is 0 Å². The minimum absolute atomic E-state index is 0.177. The van der Waals surface area contributed by atoms with Crippen LogP contribution in [0.1, 0.15) is 23.3 Å². The molecule has 0 spiro atoms. The van der Waals surface area contributed by atoms with Crippen LogP contribution in [0.15, 0.2) is 22.9 Å². The Balaban J connectivity index is 2.78. The quantitative estimate of drug-likeness (QED) is 0.704. The van der Waals surface area contributed by atoms with Gasteiger partial charge in [-0.15, -0.1) is 0 Å². The number of thiol groups is 1. The number of oxazole rings is 1. The molecule has 3 heteroatoms. The number of hydrogen-bond donors (Lipinski definition) is 1. The second kappa shape index (κ2) is 3.07. The van der Waals surface area contributed by atoms with E-state index in [0.29, 0.717) is 0 Å². The highest BCUT2D eigenvalue weighted by atomic mass is 32.1. The molecular formula is C10H11NOS. The summed E-state index contributed by atoms with van der Waals surface area (Å²) >= 11 is 4.38. The van der Waals surface area contributed by atoms with Gasteiger partial charge in [-0.3, -0.25) is 0 Å². The lowest BCUT2D eigenvalue weighted by atomic mass is 10.1. The van der Waals surface area contributed by atoms with Crippen LogP contribution in [-0.2, 0) is 0 Å². The summed E-state index contributed by atoms with van der Waals surface area (Å²) in [6.07, 6.45) is 1.48. The zero-order valence-electron chi connectivity index (χ0n) is 7.61. The lowest BCUT2D eigenvalue weighted by molar-refractivity contribution is 0.598. The monoisotopic (exact) mass is 193 g/mol. The van der Waals surface area contributed by atoms with Crippen molar-refractivity contribution in [3.63, 3.8) is 0 Å². The molecule has 0 saturated carbocycles. The zero-order chi connectivity index (χ0) is 9.42. The highest BCUT2D eigenvalue weighted by Crippen LogP contribution is 2.28. The van der Waals surface area contributed by atoms with Crippen molar-refractivity contribution in [3.8, 4) is 0 Å². The number of aryl methyl sites for hydroxylation is 1. The van der Waals surface area contributed by atoms with E-state index in [1.807, 2.05) is 26.0 Å². The average molecular weight is 193 g/mol. The molecule has 1 aromatic heterocycles. The third kappa shape index (κ3) is 1.33. The zero-order valence-corrected chi connectivity index (χ0v) is 8.51.